The van der Waals surface area contributed by atoms with Gasteiger partial charge in [0.05, 0.1) is 18.4 Å². The summed E-state index contributed by atoms with van der Waals surface area (Å²) in [6.07, 6.45) is 7.96. The molecule has 1 saturated heterocycles. The number of rotatable bonds is 5. The number of nitrogens with one attached hydrogen (secondary N) is 1. The van der Waals surface area contributed by atoms with Crippen molar-refractivity contribution >= 4 is 0 Å². The van der Waals surface area contributed by atoms with Crippen molar-refractivity contribution in [2.45, 2.75) is 64.0 Å². The van der Waals surface area contributed by atoms with Crippen molar-refractivity contribution in [3.05, 3.63) is 17.5 Å². The summed E-state index contributed by atoms with van der Waals surface area (Å²) < 4.78 is 6.24. The first-order valence-corrected chi connectivity index (χ1v) is 8.98. The van der Waals surface area contributed by atoms with Crippen molar-refractivity contribution in [1.82, 2.24) is 15.1 Å². The molecule has 5 heteroatoms. The van der Waals surface area contributed by atoms with Crippen LogP contribution in [0, 0.1) is 5.41 Å². The average Bonchev–Trinajstić information content (AvgIpc) is 3.05. The van der Waals surface area contributed by atoms with Gasteiger partial charge < -0.3 is 15.4 Å². The van der Waals surface area contributed by atoms with Gasteiger partial charge in [0, 0.05) is 36.8 Å². The number of ether oxygens (including phenoxy) is 1. The quantitative estimate of drug-likeness (QED) is 0.875. The van der Waals surface area contributed by atoms with E-state index in [0.29, 0.717) is 17.9 Å². The predicted octanol–water partition coefficient (Wildman–Crippen LogP) is 2.64. The zero-order chi connectivity index (χ0) is 16.5. The van der Waals surface area contributed by atoms with Crippen LogP contribution in [0.1, 0.15) is 63.1 Å². The fourth-order valence-corrected chi connectivity index (χ4v) is 4.47. The lowest BCUT2D eigenvalue weighted by molar-refractivity contribution is -0.0296. The Balaban J connectivity index is 1.61. The zero-order valence-corrected chi connectivity index (χ0v) is 14.9. The van der Waals surface area contributed by atoms with Gasteiger partial charge in [-0.3, -0.25) is 5.10 Å². The third-order valence-corrected chi connectivity index (χ3v) is 5.58. The minimum absolute atomic E-state index is 0.149. The molecule has 2 aliphatic rings. The number of aromatic nitrogens is 2. The van der Waals surface area contributed by atoms with Crippen LogP contribution in [0.3, 0.4) is 0 Å². The molecule has 0 bridgehead atoms. The summed E-state index contributed by atoms with van der Waals surface area (Å²) in [6.45, 7) is 8.11. The molecule has 0 amide bonds. The predicted molar refractivity (Wildman–Crippen MR) is 92.3 cm³/mol. The summed E-state index contributed by atoms with van der Waals surface area (Å²) in [6, 6.07) is 0. The molecule has 3 rings (SSSR count). The molecular formula is C18H32N4O. The highest BCUT2D eigenvalue weighted by Gasteiger charge is 2.46. The van der Waals surface area contributed by atoms with Gasteiger partial charge in [0.25, 0.3) is 0 Å². The first kappa shape index (κ1) is 16.9. The summed E-state index contributed by atoms with van der Waals surface area (Å²) >= 11 is 0. The number of hydrogen-bond donors (Lipinski definition) is 2. The van der Waals surface area contributed by atoms with Crippen LogP contribution < -0.4 is 5.73 Å². The SMILES string of the molecule is CN(CCN)Cc1cn[nH]c1C1CCC2(CC1)CC(C)(C)CO2. The lowest BCUT2D eigenvalue weighted by atomic mass is 9.72. The first-order valence-electron chi connectivity index (χ1n) is 8.98. The summed E-state index contributed by atoms with van der Waals surface area (Å²) in [5.41, 5.74) is 8.80. The summed E-state index contributed by atoms with van der Waals surface area (Å²) in [4.78, 5) is 2.27. The highest BCUT2D eigenvalue weighted by molar-refractivity contribution is 5.22. The van der Waals surface area contributed by atoms with E-state index in [2.05, 4.69) is 36.0 Å². The van der Waals surface area contributed by atoms with E-state index in [4.69, 9.17) is 10.5 Å². The maximum absolute atomic E-state index is 6.24. The number of likely N-dealkylation sites (N-methyl/N-ethyl adjacent to an activating group) is 1. The molecular weight excluding hydrogens is 288 g/mol. The molecule has 23 heavy (non-hydrogen) atoms. The number of hydrogen-bond acceptors (Lipinski definition) is 4. The third kappa shape index (κ3) is 3.78. The molecule has 2 fully saturated rings. The van der Waals surface area contributed by atoms with E-state index in [1.54, 1.807) is 0 Å². The van der Waals surface area contributed by atoms with Crippen molar-refractivity contribution in [2.75, 3.05) is 26.7 Å². The van der Waals surface area contributed by atoms with Crippen LogP contribution in [-0.4, -0.2) is 47.4 Å². The molecule has 1 aliphatic heterocycles. The monoisotopic (exact) mass is 320 g/mol. The van der Waals surface area contributed by atoms with Gasteiger partial charge in [-0.2, -0.15) is 5.10 Å². The first-order chi connectivity index (χ1) is 10.9. The van der Waals surface area contributed by atoms with Crippen LogP contribution in [-0.2, 0) is 11.3 Å². The van der Waals surface area contributed by atoms with Gasteiger partial charge in [0.2, 0.25) is 0 Å². The molecule has 0 aromatic carbocycles. The largest absolute Gasteiger partial charge is 0.374 e. The van der Waals surface area contributed by atoms with Gasteiger partial charge in [-0.1, -0.05) is 13.8 Å². The Morgan fingerprint density at radius 1 is 1.39 bits per heavy atom. The third-order valence-electron chi connectivity index (χ3n) is 5.58. The van der Waals surface area contributed by atoms with E-state index < -0.39 is 0 Å². The Labute approximate surface area is 140 Å². The van der Waals surface area contributed by atoms with Crippen molar-refractivity contribution in [2.24, 2.45) is 11.1 Å². The maximum Gasteiger partial charge on any atom is 0.0689 e. The van der Waals surface area contributed by atoms with Crippen LogP contribution >= 0.6 is 0 Å². The van der Waals surface area contributed by atoms with E-state index in [0.717, 1.165) is 19.7 Å². The van der Waals surface area contributed by atoms with Crippen molar-refractivity contribution < 1.29 is 4.74 Å². The van der Waals surface area contributed by atoms with E-state index in [9.17, 15) is 0 Å². The Bertz CT molecular complexity index is 517. The second-order valence-electron chi connectivity index (χ2n) is 8.42. The standard InChI is InChI=1S/C18H32N4O/c1-17(2)12-18(23-13-17)6-4-14(5-7-18)16-15(10-20-21-16)11-22(3)9-8-19/h10,14H,4-9,11-13,19H2,1-3H3,(H,20,21). The molecule has 1 saturated carbocycles. The Hall–Kier alpha value is -0.910. The Morgan fingerprint density at radius 2 is 2.13 bits per heavy atom. The van der Waals surface area contributed by atoms with Crippen molar-refractivity contribution in [3.63, 3.8) is 0 Å². The number of nitrogens with two attached hydrogens (primary N) is 1. The van der Waals surface area contributed by atoms with Crippen LogP contribution in [0.2, 0.25) is 0 Å². The fourth-order valence-electron chi connectivity index (χ4n) is 4.47. The normalized spacial score (nSPS) is 30.4. The van der Waals surface area contributed by atoms with E-state index in [1.165, 1.54) is 43.4 Å². The number of aromatic amines is 1. The molecule has 3 N–H and O–H groups in total. The van der Waals surface area contributed by atoms with Gasteiger partial charge in [-0.15, -0.1) is 0 Å². The molecule has 5 nitrogen and oxygen atoms in total. The van der Waals surface area contributed by atoms with Crippen molar-refractivity contribution in [3.8, 4) is 0 Å². The maximum atomic E-state index is 6.24. The van der Waals surface area contributed by atoms with Crippen LogP contribution in [0.5, 0.6) is 0 Å². The minimum atomic E-state index is 0.149. The van der Waals surface area contributed by atoms with Gasteiger partial charge in [-0.25, -0.2) is 0 Å². The molecule has 1 aromatic rings. The Kier molecular flexibility index (Phi) is 4.81. The molecule has 0 unspecified atom stereocenters. The highest BCUT2D eigenvalue weighted by atomic mass is 16.5. The number of nitrogens with zero attached hydrogens (tertiary/aromatic N) is 2. The van der Waals surface area contributed by atoms with E-state index >= 15 is 0 Å². The van der Waals surface area contributed by atoms with Crippen LogP contribution in [0.25, 0.3) is 0 Å². The smallest absolute Gasteiger partial charge is 0.0689 e. The zero-order valence-electron chi connectivity index (χ0n) is 14.9. The fraction of sp³-hybridized carbons (Fsp3) is 0.833. The molecule has 130 valence electrons. The van der Waals surface area contributed by atoms with Gasteiger partial charge in [-0.05, 0) is 44.6 Å². The molecule has 0 atom stereocenters. The highest BCUT2D eigenvalue weighted by Crippen LogP contribution is 2.49. The summed E-state index contributed by atoms with van der Waals surface area (Å²) in [7, 11) is 2.12. The summed E-state index contributed by atoms with van der Waals surface area (Å²) in [5.74, 6) is 0.594. The molecule has 0 radical (unpaired) electrons. The number of H-pyrrole nitrogens is 1. The lowest BCUT2D eigenvalue weighted by Gasteiger charge is -2.37. The minimum Gasteiger partial charge on any atom is -0.374 e. The van der Waals surface area contributed by atoms with E-state index in [1.807, 2.05) is 6.20 Å². The summed E-state index contributed by atoms with van der Waals surface area (Å²) in [5, 5.41) is 7.58. The molecule has 1 aliphatic carbocycles. The molecule has 1 aromatic heterocycles. The van der Waals surface area contributed by atoms with Gasteiger partial charge >= 0.3 is 0 Å². The van der Waals surface area contributed by atoms with Crippen molar-refractivity contribution in [1.29, 1.82) is 0 Å². The van der Waals surface area contributed by atoms with Crippen LogP contribution in [0.4, 0.5) is 0 Å². The average molecular weight is 320 g/mol. The molecule has 2 heterocycles. The van der Waals surface area contributed by atoms with E-state index in [-0.39, 0.29) is 5.60 Å². The topological polar surface area (TPSA) is 67.2 Å². The van der Waals surface area contributed by atoms with Crippen LogP contribution in [0.15, 0.2) is 6.20 Å². The lowest BCUT2D eigenvalue weighted by Crippen LogP contribution is -2.34. The Morgan fingerprint density at radius 3 is 2.74 bits per heavy atom. The van der Waals surface area contributed by atoms with Gasteiger partial charge in [0.15, 0.2) is 0 Å². The second-order valence-corrected chi connectivity index (χ2v) is 8.42. The van der Waals surface area contributed by atoms with Gasteiger partial charge in [0.1, 0.15) is 0 Å². The second kappa shape index (κ2) is 6.54. The molecule has 1 spiro atoms.